The summed E-state index contributed by atoms with van der Waals surface area (Å²) in [7, 11) is 0. The van der Waals surface area contributed by atoms with Crippen molar-refractivity contribution in [1.82, 2.24) is 9.88 Å². The molecule has 5 nitrogen and oxygen atoms in total. The highest BCUT2D eigenvalue weighted by atomic mass is 35.5. The molecule has 1 aromatic heterocycles. The third-order valence-corrected chi connectivity index (χ3v) is 7.55. The van der Waals surface area contributed by atoms with E-state index >= 15 is 0 Å². The molecular weight excluding hydrogens is 501 g/mol. The van der Waals surface area contributed by atoms with Crippen molar-refractivity contribution in [3.63, 3.8) is 0 Å². The Balaban J connectivity index is 1.39. The predicted octanol–water partition coefficient (Wildman–Crippen LogP) is 6.51. The molecule has 2 aliphatic rings. The van der Waals surface area contributed by atoms with Crippen LogP contribution in [0.5, 0.6) is 0 Å². The maximum Gasteiger partial charge on any atom is 0.416 e. The highest BCUT2D eigenvalue weighted by molar-refractivity contribution is 6.30. The first kappa shape index (κ1) is 25.4. The summed E-state index contributed by atoms with van der Waals surface area (Å²) in [6.45, 7) is 4.14. The number of pyridine rings is 1. The summed E-state index contributed by atoms with van der Waals surface area (Å²) < 4.78 is 41.1. The lowest BCUT2D eigenvalue weighted by Crippen LogP contribution is -2.39. The van der Waals surface area contributed by atoms with E-state index in [2.05, 4.69) is 22.4 Å². The van der Waals surface area contributed by atoms with Gasteiger partial charge in [0.05, 0.1) is 16.8 Å². The van der Waals surface area contributed by atoms with Crippen molar-refractivity contribution >= 4 is 29.0 Å². The molecule has 2 aliphatic heterocycles. The van der Waals surface area contributed by atoms with Gasteiger partial charge in [0.25, 0.3) is 5.91 Å². The van der Waals surface area contributed by atoms with E-state index in [1.807, 2.05) is 34.9 Å². The van der Waals surface area contributed by atoms with Crippen LogP contribution in [-0.4, -0.2) is 42.0 Å². The summed E-state index contributed by atoms with van der Waals surface area (Å²) in [6, 6.07) is 14.0. The van der Waals surface area contributed by atoms with Gasteiger partial charge in [0.1, 0.15) is 5.82 Å². The normalized spacial score (nSPS) is 16.4. The van der Waals surface area contributed by atoms with E-state index in [4.69, 9.17) is 11.6 Å². The van der Waals surface area contributed by atoms with Crippen LogP contribution in [-0.2, 0) is 12.7 Å². The first-order valence-corrected chi connectivity index (χ1v) is 12.8. The Morgan fingerprint density at radius 1 is 1.11 bits per heavy atom. The second-order valence-corrected chi connectivity index (χ2v) is 10.1. The van der Waals surface area contributed by atoms with Crippen LogP contribution in [0, 0.1) is 6.92 Å². The lowest BCUT2D eigenvalue weighted by molar-refractivity contribution is -0.138. The van der Waals surface area contributed by atoms with Crippen molar-refractivity contribution in [2.24, 2.45) is 0 Å². The van der Waals surface area contributed by atoms with Crippen LogP contribution in [0.15, 0.2) is 54.7 Å². The van der Waals surface area contributed by atoms with Crippen LogP contribution in [0.3, 0.4) is 0 Å². The number of hydrogen-bond acceptors (Lipinski definition) is 4. The van der Waals surface area contributed by atoms with Crippen LogP contribution in [0.1, 0.15) is 51.4 Å². The van der Waals surface area contributed by atoms with Gasteiger partial charge in [-0.15, -0.1) is 0 Å². The number of amides is 1. The molecule has 3 aromatic rings. The Morgan fingerprint density at radius 3 is 2.54 bits per heavy atom. The van der Waals surface area contributed by atoms with Gasteiger partial charge in [-0.25, -0.2) is 4.98 Å². The SMILES string of the molecule is Cc1c(C(=O)N2CCC(c3ccccc3)CC2)cnc2c1N(Cc1cc(Cl)ccc1C(F)(F)F)CCN2. The highest BCUT2D eigenvalue weighted by Gasteiger charge is 2.35. The average molecular weight is 529 g/mol. The number of rotatable bonds is 4. The quantitative estimate of drug-likeness (QED) is 0.419. The van der Waals surface area contributed by atoms with Crippen molar-refractivity contribution in [3.8, 4) is 0 Å². The number of halogens is 4. The summed E-state index contributed by atoms with van der Waals surface area (Å²) in [5.74, 6) is 0.899. The van der Waals surface area contributed by atoms with Gasteiger partial charge in [0.2, 0.25) is 0 Å². The van der Waals surface area contributed by atoms with Crippen molar-refractivity contribution in [3.05, 3.63) is 87.6 Å². The zero-order valence-corrected chi connectivity index (χ0v) is 21.2. The van der Waals surface area contributed by atoms with Crippen molar-refractivity contribution < 1.29 is 18.0 Å². The predicted molar refractivity (Wildman–Crippen MR) is 139 cm³/mol. The minimum Gasteiger partial charge on any atom is -0.367 e. The average Bonchev–Trinajstić information content (AvgIpc) is 2.88. The molecule has 0 atom stereocenters. The first-order chi connectivity index (χ1) is 17.7. The number of hydrogen-bond donors (Lipinski definition) is 1. The second-order valence-electron chi connectivity index (χ2n) is 9.62. The molecule has 0 radical (unpaired) electrons. The number of piperidine rings is 1. The molecule has 194 valence electrons. The van der Waals surface area contributed by atoms with E-state index < -0.39 is 11.7 Å². The molecule has 5 rings (SSSR count). The zero-order valence-electron chi connectivity index (χ0n) is 20.5. The number of fused-ring (bicyclic) bond motifs is 1. The van der Waals surface area contributed by atoms with Crippen LogP contribution in [0.4, 0.5) is 24.7 Å². The number of carbonyl (C=O) groups excluding carboxylic acids is 1. The summed E-state index contributed by atoms with van der Waals surface area (Å²) in [6.07, 6.45) is -1.14. The van der Waals surface area contributed by atoms with E-state index in [0.29, 0.717) is 54.7 Å². The van der Waals surface area contributed by atoms with Crippen LogP contribution < -0.4 is 10.2 Å². The maximum absolute atomic E-state index is 13.7. The molecule has 0 spiro atoms. The monoisotopic (exact) mass is 528 g/mol. The summed E-state index contributed by atoms with van der Waals surface area (Å²) in [5, 5.41) is 3.47. The maximum atomic E-state index is 13.7. The second kappa shape index (κ2) is 10.2. The van der Waals surface area contributed by atoms with Gasteiger partial charge in [0, 0.05) is 43.9 Å². The fourth-order valence-corrected chi connectivity index (χ4v) is 5.58. The number of nitrogens with zero attached hydrogens (tertiary/aromatic N) is 3. The standard InChI is InChI=1S/C28H28ClF3N4O/c1-18-23(27(37)35-12-9-20(10-13-35)19-5-3-2-4-6-19)16-34-26-25(18)36(14-11-33-26)17-21-15-22(29)7-8-24(21)28(30,31)32/h2-8,15-16,20H,9-14,17H2,1H3,(H,33,34). The van der Waals surface area contributed by atoms with Crippen molar-refractivity contribution in [2.75, 3.05) is 36.4 Å². The lowest BCUT2D eigenvalue weighted by Gasteiger charge is -2.35. The zero-order chi connectivity index (χ0) is 26.2. The first-order valence-electron chi connectivity index (χ1n) is 12.4. The number of anilines is 2. The van der Waals surface area contributed by atoms with Crippen LogP contribution >= 0.6 is 11.6 Å². The van der Waals surface area contributed by atoms with Gasteiger partial charge in [-0.3, -0.25) is 4.79 Å². The molecule has 0 bridgehead atoms. The molecule has 0 aliphatic carbocycles. The molecule has 2 aromatic carbocycles. The van der Waals surface area contributed by atoms with Gasteiger partial charge in [-0.05, 0) is 60.6 Å². The Bertz CT molecular complexity index is 1290. The molecule has 1 amide bonds. The third kappa shape index (κ3) is 5.25. The summed E-state index contributed by atoms with van der Waals surface area (Å²) in [5.41, 5.74) is 2.52. The molecule has 0 unspecified atom stereocenters. The van der Waals surface area contributed by atoms with Gasteiger partial charge in [-0.2, -0.15) is 13.2 Å². The number of nitrogens with one attached hydrogen (secondary N) is 1. The summed E-state index contributed by atoms with van der Waals surface area (Å²) >= 11 is 6.06. The molecule has 1 fully saturated rings. The van der Waals surface area contributed by atoms with Crippen molar-refractivity contribution in [2.45, 2.75) is 38.4 Å². The Kier molecular flexibility index (Phi) is 7.03. The highest BCUT2D eigenvalue weighted by Crippen LogP contribution is 2.38. The fourth-order valence-electron chi connectivity index (χ4n) is 5.39. The minimum absolute atomic E-state index is 0.00666. The molecule has 1 saturated heterocycles. The topological polar surface area (TPSA) is 48.5 Å². The van der Waals surface area contributed by atoms with Crippen LogP contribution in [0.2, 0.25) is 5.02 Å². The van der Waals surface area contributed by atoms with Gasteiger partial charge >= 0.3 is 6.18 Å². The number of alkyl halides is 3. The van der Waals surface area contributed by atoms with E-state index in [9.17, 15) is 18.0 Å². The largest absolute Gasteiger partial charge is 0.416 e. The molecule has 37 heavy (non-hydrogen) atoms. The van der Waals surface area contributed by atoms with Gasteiger partial charge in [-0.1, -0.05) is 41.9 Å². The number of benzene rings is 2. The molecule has 0 saturated carbocycles. The molecule has 3 heterocycles. The molecule has 9 heteroatoms. The van der Waals surface area contributed by atoms with E-state index in [1.165, 1.54) is 17.7 Å². The van der Waals surface area contributed by atoms with Crippen molar-refractivity contribution in [1.29, 1.82) is 0 Å². The minimum atomic E-state index is -4.49. The lowest BCUT2D eigenvalue weighted by atomic mass is 9.89. The van der Waals surface area contributed by atoms with Gasteiger partial charge in [0.15, 0.2) is 0 Å². The van der Waals surface area contributed by atoms with E-state index in [-0.39, 0.29) is 23.0 Å². The Hall–Kier alpha value is -3.26. The Morgan fingerprint density at radius 2 is 1.84 bits per heavy atom. The smallest absolute Gasteiger partial charge is 0.367 e. The third-order valence-electron chi connectivity index (χ3n) is 7.31. The van der Waals surface area contributed by atoms with Gasteiger partial charge < -0.3 is 15.1 Å². The fraction of sp³-hybridized carbons (Fsp3) is 0.357. The molecular formula is C28H28ClF3N4O. The number of aromatic nitrogens is 1. The van der Waals surface area contributed by atoms with Crippen LogP contribution in [0.25, 0.3) is 0 Å². The number of carbonyl (C=O) groups is 1. The Labute approximate surface area is 219 Å². The van der Waals surface area contributed by atoms with E-state index in [1.54, 1.807) is 6.20 Å². The molecule has 1 N–H and O–H groups in total. The summed E-state index contributed by atoms with van der Waals surface area (Å²) in [4.78, 5) is 21.7. The van der Waals surface area contributed by atoms with E-state index in [0.717, 1.165) is 18.9 Å². The number of likely N-dealkylation sites (tertiary alicyclic amines) is 1.